The van der Waals surface area contributed by atoms with Gasteiger partial charge in [-0.15, -0.1) is 11.3 Å². The monoisotopic (exact) mass is 491 g/mol. The Hall–Kier alpha value is -2.13. The fourth-order valence-corrected chi connectivity index (χ4v) is 6.06. The predicted molar refractivity (Wildman–Crippen MR) is 129 cm³/mol. The third-order valence-electron chi connectivity index (χ3n) is 5.55. The van der Waals surface area contributed by atoms with Gasteiger partial charge in [0.1, 0.15) is 11.9 Å². The van der Waals surface area contributed by atoms with Gasteiger partial charge < -0.3 is 4.74 Å². The summed E-state index contributed by atoms with van der Waals surface area (Å²) in [7, 11) is -3.76. The van der Waals surface area contributed by atoms with Gasteiger partial charge in [0, 0.05) is 37.1 Å². The number of rotatable bonds is 7. The summed E-state index contributed by atoms with van der Waals surface area (Å²) in [5, 5.41) is 2.30. The van der Waals surface area contributed by atoms with Crippen molar-refractivity contribution in [2.24, 2.45) is 5.92 Å². The second-order valence-corrected chi connectivity index (χ2v) is 11.2. The quantitative estimate of drug-likeness (QED) is 0.492. The molecule has 1 aromatic heterocycles. The van der Waals surface area contributed by atoms with E-state index < -0.39 is 10.0 Å². The van der Waals surface area contributed by atoms with Crippen molar-refractivity contribution in [3.63, 3.8) is 0 Å². The van der Waals surface area contributed by atoms with Crippen LogP contribution in [0, 0.1) is 12.8 Å². The molecule has 0 aliphatic carbocycles. The largest absolute Gasteiger partial charge is 0.488 e. The number of anilines is 1. The lowest BCUT2D eigenvalue weighted by atomic mass is 9.96. The van der Waals surface area contributed by atoms with Gasteiger partial charge in [-0.3, -0.25) is 9.62 Å². The van der Waals surface area contributed by atoms with Crippen LogP contribution in [0.1, 0.15) is 24.5 Å². The van der Waals surface area contributed by atoms with E-state index in [1.807, 2.05) is 0 Å². The first kappa shape index (κ1) is 23.0. The lowest BCUT2D eigenvalue weighted by Crippen LogP contribution is -2.44. The Labute approximate surface area is 198 Å². The number of hydrogen-bond acceptors (Lipinski definition) is 6. The van der Waals surface area contributed by atoms with Gasteiger partial charge in [-0.05, 0) is 37.1 Å². The molecule has 1 aliphatic rings. The minimum atomic E-state index is -3.76. The van der Waals surface area contributed by atoms with Crippen molar-refractivity contribution in [2.45, 2.75) is 37.8 Å². The zero-order valence-electron chi connectivity index (χ0n) is 18.0. The van der Waals surface area contributed by atoms with E-state index in [0.29, 0.717) is 16.8 Å². The predicted octanol–water partition coefficient (Wildman–Crippen LogP) is 5.20. The summed E-state index contributed by atoms with van der Waals surface area (Å²) in [4.78, 5) is 6.48. The molecular formula is C23H26ClN3O3S2. The average molecular weight is 492 g/mol. The molecule has 1 N–H and O–H groups in total. The topological polar surface area (TPSA) is 71.5 Å². The maximum atomic E-state index is 12.6. The van der Waals surface area contributed by atoms with Gasteiger partial charge in [0.15, 0.2) is 5.13 Å². The Morgan fingerprint density at radius 1 is 1.28 bits per heavy atom. The number of hydrogen-bond donors (Lipinski definition) is 1. The van der Waals surface area contributed by atoms with Crippen LogP contribution in [-0.4, -0.2) is 37.5 Å². The van der Waals surface area contributed by atoms with Crippen molar-refractivity contribution in [1.82, 2.24) is 9.88 Å². The molecule has 2 heterocycles. The number of piperidine rings is 1. The molecule has 4 rings (SSSR count). The summed E-state index contributed by atoms with van der Waals surface area (Å²) in [5.41, 5.74) is 2.60. The normalized spacial score (nSPS) is 19.6. The number of likely N-dealkylation sites (tertiary alicyclic amines) is 1. The van der Waals surface area contributed by atoms with E-state index in [1.54, 1.807) is 17.6 Å². The van der Waals surface area contributed by atoms with E-state index in [1.165, 1.54) is 34.6 Å². The lowest BCUT2D eigenvalue weighted by Gasteiger charge is -2.37. The SMILES string of the molecule is Cc1cccc(CN2CC[C@@H](Oc3ccc(S(=O)(=O)Nc4nccs4)cc3Cl)C(C)C2)c1. The minimum absolute atomic E-state index is 0.0251. The van der Waals surface area contributed by atoms with Crippen LogP contribution in [0.2, 0.25) is 5.02 Å². The van der Waals surface area contributed by atoms with E-state index in [9.17, 15) is 8.42 Å². The summed E-state index contributed by atoms with van der Waals surface area (Å²) < 4.78 is 33.8. The molecule has 6 nitrogen and oxygen atoms in total. The molecule has 9 heteroatoms. The van der Waals surface area contributed by atoms with Gasteiger partial charge in [-0.25, -0.2) is 13.4 Å². The summed E-state index contributed by atoms with van der Waals surface area (Å²) >= 11 is 7.61. The van der Waals surface area contributed by atoms with Crippen molar-refractivity contribution in [3.05, 3.63) is 70.2 Å². The average Bonchev–Trinajstić information content (AvgIpc) is 3.23. The minimum Gasteiger partial charge on any atom is -0.488 e. The molecule has 2 aromatic carbocycles. The third-order valence-corrected chi connectivity index (χ3v) is 8.00. The van der Waals surface area contributed by atoms with Crippen molar-refractivity contribution >= 4 is 38.1 Å². The number of aryl methyl sites for hydroxylation is 1. The number of aromatic nitrogens is 1. The first-order valence-electron chi connectivity index (χ1n) is 10.5. The highest BCUT2D eigenvalue weighted by Gasteiger charge is 2.28. The summed E-state index contributed by atoms with van der Waals surface area (Å²) in [6, 6.07) is 13.2. The van der Waals surface area contributed by atoms with Gasteiger partial charge in [-0.1, -0.05) is 48.4 Å². The molecule has 0 amide bonds. The fraction of sp³-hybridized carbons (Fsp3) is 0.348. The Kier molecular flexibility index (Phi) is 7.05. The molecule has 2 atom stereocenters. The van der Waals surface area contributed by atoms with E-state index in [2.05, 4.69) is 52.7 Å². The van der Waals surface area contributed by atoms with Crippen LogP contribution in [0.5, 0.6) is 5.75 Å². The molecule has 1 unspecified atom stereocenters. The van der Waals surface area contributed by atoms with Crippen LogP contribution >= 0.6 is 22.9 Å². The highest BCUT2D eigenvalue weighted by molar-refractivity contribution is 7.93. The maximum Gasteiger partial charge on any atom is 0.263 e. The number of ether oxygens (including phenoxy) is 1. The van der Waals surface area contributed by atoms with Crippen LogP contribution in [0.4, 0.5) is 5.13 Å². The van der Waals surface area contributed by atoms with E-state index in [0.717, 1.165) is 26.1 Å². The molecule has 32 heavy (non-hydrogen) atoms. The summed E-state index contributed by atoms with van der Waals surface area (Å²) in [6.45, 7) is 7.09. The number of thiazole rings is 1. The molecule has 0 radical (unpaired) electrons. The Bertz CT molecular complexity index is 1170. The molecule has 0 spiro atoms. The summed E-state index contributed by atoms with van der Waals surface area (Å²) in [6.07, 6.45) is 2.45. The van der Waals surface area contributed by atoms with Gasteiger partial charge in [0.2, 0.25) is 0 Å². The van der Waals surface area contributed by atoms with Gasteiger partial charge in [-0.2, -0.15) is 0 Å². The van der Waals surface area contributed by atoms with Crippen molar-refractivity contribution in [1.29, 1.82) is 0 Å². The van der Waals surface area contributed by atoms with Gasteiger partial charge in [0.05, 0.1) is 9.92 Å². The van der Waals surface area contributed by atoms with Crippen molar-refractivity contribution in [2.75, 3.05) is 17.8 Å². The van der Waals surface area contributed by atoms with Crippen LogP contribution in [0.25, 0.3) is 0 Å². The lowest BCUT2D eigenvalue weighted by molar-refractivity contribution is 0.0490. The van der Waals surface area contributed by atoms with E-state index in [-0.39, 0.29) is 16.0 Å². The third kappa shape index (κ3) is 5.61. The fourth-order valence-electron chi connectivity index (χ4n) is 3.95. The smallest absolute Gasteiger partial charge is 0.263 e. The van der Waals surface area contributed by atoms with Gasteiger partial charge in [0.25, 0.3) is 10.0 Å². The number of benzene rings is 2. The number of nitrogens with one attached hydrogen (secondary N) is 1. The number of halogens is 1. The van der Waals surface area contributed by atoms with E-state index in [4.69, 9.17) is 16.3 Å². The first-order chi connectivity index (χ1) is 15.3. The molecule has 1 saturated heterocycles. The van der Waals surface area contributed by atoms with Crippen LogP contribution in [0.3, 0.4) is 0 Å². The second kappa shape index (κ2) is 9.79. The summed E-state index contributed by atoms with van der Waals surface area (Å²) in [5.74, 6) is 0.823. The van der Waals surface area contributed by atoms with E-state index >= 15 is 0 Å². The molecule has 0 bridgehead atoms. The number of nitrogens with zero attached hydrogens (tertiary/aromatic N) is 2. The first-order valence-corrected chi connectivity index (χ1v) is 13.2. The molecule has 170 valence electrons. The van der Waals surface area contributed by atoms with Gasteiger partial charge >= 0.3 is 0 Å². The van der Waals surface area contributed by atoms with Crippen LogP contribution in [0.15, 0.2) is 58.9 Å². The molecule has 3 aromatic rings. The van der Waals surface area contributed by atoms with Crippen LogP contribution in [-0.2, 0) is 16.6 Å². The maximum absolute atomic E-state index is 12.6. The Morgan fingerprint density at radius 2 is 2.12 bits per heavy atom. The zero-order valence-corrected chi connectivity index (χ0v) is 20.4. The van der Waals surface area contributed by atoms with Crippen molar-refractivity contribution in [3.8, 4) is 5.75 Å². The standard InChI is InChI=1S/C23H26ClN3O3S2/c1-16-4-3-5-18(12-16)15-27-10-8-21(17(2)14-27)30-22-7-6-19(13-20(22)24)32(28,29)26-23-25-9-11-31-23/h3-7,9,11-13,17,21H,8,10,14-15H2,1-2H3,(H,25,26)/t17?,21-/m1/s1. The second-order valence-electron chi connectivity index (χ2n) is 8.18. The molecular weight excluding hydrogens is 466 g/mol. The Morgan fingerprint density at radius 3 is 2.81 bits per heavy atom. The molecule has 1 fully saturated rings. The molecule has 0 saturated carbocycles. The van der Waals surface area contributed by atoms with Crippen LogP contribution < -0.4 is 9.46 Å². The highest BCUT2D eigenvalue weighted by atomic mass is 35.5. The number of sulfonamides is 1. The molecule has 1 aliphatic heterocycles. The highest BCUT2D eigenvalue weighted by Crippen LogP contribution is 2.32. The zero-order chi connectivity index (χ0) is 22.7. The van der Waals surface area contributed by atoms with Crippen molar-refractivity contribution < 1.29 is 13.2 Å². The Balaban J connectivity index is 1.38.